The Morgan fingerprint density at radius 3 is 3.11 bits per heavy atom. The number of fused-ring (bicyclic) bond motifs is 1. The average molecular weight is 260 g/mol. The maximum atomic E-state index is 12.0. The van der Waals surface area contributed by atoms with Gasteiger partial charge in [-0.3, -0.25) is 9.69 Å². The molecule has 2 aliphatic rings. The molecule has 2 heterocycles. The van der Waals surface area contributed by atoms with Gasteiger partial charge in [-0.25, -0.2) is 4.79 Å². The largest absolute Gasteiger partial charge is 0.442 e. The number of carbonyl (C=O) groups is 2. The molecule has 1 amide bonds. The van der Waals surface area contributed by atoms with Crippen LogP contribution >= 0.6 is 0 Å². The maximum absolute atomic E-state index is 12.0. The standard InChI is InChI=1S/C14H16N2O3/c1-9(17)10-3-2-4-11(7-10)16-12-5-6-15-8-13(12)19-14(16)18/h2-4,7,12-13,15H,5-6,8H2,1H3. The van der Waals surface area contributed by atoms with E-state index in [1.54, 1.807) is 23.1 Å². The predicted octanol–water partition coefficient (Wildman–Crippen LogP) is 1.58. The van der Waals surface area contributed by atoms with E-state index >= 15 is 0 Å². The van der Waals surface area contributed by atoms with Crippen molar-refractivity contribution in [2.75, 3.05) is 18.0 Å². The van der Waals surface area contributed by atoms with Crippen molar-refractivity contribution in [3.8, 4) is 0 Å². The van der Waals surface area contributed by atoms with Crippen molar-refractivity contribution in [3.05, 3.63) is 29.8 Å². The van der Waals surface area contributed by atoms with E-state index in [0.29, 0.717) is 12.1 Å². The van der Waals surface area contributed by atoms with Gasteiger partial charge in [-0.15, -0.1) is 0 Å². The highest BCUT2D eigenvalue weighted by Crippen LogP contribution is 2.30. The lowest BCUT2D eigenvalue weighted by Crippen LogP contribution is -2.47. The van der Waals surface area contributed by atoms with E-state index in [-0.39, 0.29) is 24.0 Å². The van der Waals surface area contributed by atoms with E-state index in [0.717, 1.165) is 18.7 Å². The fourth-order valence-corrected chi connectivity index (χ4v) is 2.73. The zero-order valence-electron chi connectivity index (χ0n) is 10.8. The molecule has 1 N–H and O–H groups in total. The van der Waals surface area contributed by atoms with Crippen molar-refractivity contribution >= 4 is 17.6 Å². The molecule has 0 bridgehead atoms. The van der Waals surface area contributed by atoms with E-state index in [4.69, 9.17) is 4.74 Å². The van der Waals surface area contributed by atoms with Crippen LogP contribution in [0.5, 0.6) is 0 Å². The second-order valence-corrected chi connectivity index (χ2v) is 4.96. The smallest absolute Gasteiger partial charge is 0.415 e. The number of rotatable bonds is 2. The van der Waals surface area contributed by atoms with Crippen LogP contribution in [0.2, 0.25) is 0 Å². The van der Waals surface area contributed by atoms with Crippen molar-refractivity contribution in [3.63, 3.8) is 0 Å². The van der Waals surface area contributed by atoms with Crippen LogP contribution in [-0.2, 0) is 4.74 Å². The van der Waals surface area contributed by atoms with Crippen LogP contribution in [0, 0.1) is 0 Å². The molecule has 19 heavy (non-hydrogen) atoms. The second-order valence-electron chi connectivity index (χ2n) is 4.96. The molecule has 100 valence electrons. The molecular formula is C14H16N2O3. The van der Waals surface area contributed by atoms with E-state index in [1.807, 2.05) is 6.07 Å². The molecule has 1 aromatic carbocycles. The predicted molar refractivity (Wildman–Crippen MR) is 70.5 cm³/mol. The Morgan fingerprint density at radius 1 is 1.47 bits per heavy atom. The molecule has 0 saturated carbocycles. The third-order valence-electron chi connectivity index (χ3n) is 3.70. The first-order chi connectivity index (χ1) is 9.16. The van der Waals surface area contributed by atoms with Gasteiger partial charge < -0.3 is 10.1 Å². The molecule has 0 aromatic heterocycles. The number of amides is 1. The number of hydrogen-bond donors (Lipinski definition) is 1. The number of benzene rings is 1. The van der Waals surface area contributed by atoms with Crippen molar-refractivity contribution < 1.29 is 14.3 Å². The molecule has 1 aromatic rings. The molecule has 2 unspecified atom stereocenters. The van der Waals surface area contributed by atoms with Crippen LogP contribution < -0.4 is 10.2 Å². The quantitative estimate of drug-likeness (QED) is 0.820. The van der Waals surface area contributed by atoms with E-state index in [9.17, 15) is 9.59 Å². The highest BCUT2D eigenvalue weighted by Gasteiger charge is 2.43. The number of piperidine rings is 1. The van der Waals surface area contributed by atoms with Crippen LogP contribution in [0.4, 0.5) is 10.5 Å². The van der Waals surface area contributed by atoms with Crippen LogP contribution in [0.3, 0.4) is 0 Å². The minimum Gasteiger partial charge on any atom is -0.442 e. The number of nitrogens with one attached hydrogen (secondary N) is 1. The molecule has 2 atom stereocenters. The van der Waals surface area contributed by atoms with Crippen molar-refractivity contribution in [1.29, 1.82) is 0 Å². The topological polar surface area (TPSA) is 58.6 Å². The van der Waals surface area contributed by atoms with Gasteiger partial charge in [-0.1, -0.05) is 12.1 Å². The first-order valence-electron chi connectivity index (χ1n) is 6.48. The number of anilines is 1. The Labute approximate surface area is 111 Å². The van der Waals surface area contributed by atoms with E-state index in [1.165, 1.54) is 6.92 Å². The lowest BCUT2D eigenvalue weighted by molar-refractivity contribution is 0.101. The summed E-state index contributed by atoms with van der Waals surface area (Å²) in [5.41, 5.74) is 1.36. The molecule has 0 aliphatic carbocycles. The van der Waals surface area contributed by atoms with E-state index in [2.05, 4.69) is 5.32 Å². The lowest BCUT2D eigenvalue weighted by atomic mass is 10.0. The normalized spacial score (nSPS) is 25.9. The average Bonchev–Trinajstić information content (AvgIpc) is 2.74. The molecule has 5 heteroatoms. The summed E-state index contributed by atoms with van der Waals surface area (Å²) in [4.78, 5) is 25.1. The lowest BCUT2D eigenvalue weighted by Gasteiger charge is -2.28. The Hall–Kier alpha value is -1.88. The van der Waals surface area contributed by atoms with Gasteiger partial charge in [0.05, 0.1) is 6.04 Å². The summed E-state index contributed by atoms with van der Waals surface area (Å²) in [6.45, 7) is 3.09. The molecule has 2 saturated heterocycles. The van der Waals surface area contributed by atoms with Crippen LogP contribution in [0.25, 0.3) is 0 Å². The summed E-state index contributed by atoms with van der Waals surface area (Å²) in [6, 6.07) is 7.23. The SMILES string of the molecule is CC(=O)c1cccc(N2C(=O)OC3CNCCC32)c1. The zero-order chi connectivity index (χ0) is 13.4. The molecule has 0 radical (unpaired) electrons. The third kappa shape index (κ3) is 2.10. The zero-order valence-corrected chi connectivity index (χ0v) is 10.8. The highest BCUT2D eigenvalue weighted by atomic mass is 16.6. The van der Waals surface area contributed by atoms with Crippen LogP contribution in [-0.4, -0.2) is 37.1 Å². The molecule has 2 aliphatic heterocycles. The van der Waals surface area contributed by atoms with Crippen molar-refractivity contribution in [1.82, 2.24) is 5.32 Å². The number of ketones is 1. The number of nitrogens with zero attached hydrogens (tertiary/aromatic N) is 1. The highest BCUT2D eigenvalue weighted by molar-refractivity contribution is 5.97. The van der Waals surface area contributed by atoms with Gasteiger partial charge >= 0.3 is 6.09 Å². The Morgan fingerprint density at radius 2 is 2.32 bits per heavy atom. The van der Waals surface area contributed by atoms with Gasteiger partial charge in [0, 0.05) is 17.8 Å². The fraction of sp³-hybridized carbons (Fsp3) is 0.429. The second kappa shape index (κ2) is 4.66. The van der Waals surface area contributed by atoms with Crippen LogP contribution in [0.1, 0.15) is 23.7 Å². The first kappa shape index (κ1) is 12.2. The Kier molecular flexibility index (Phi) is 2.98. The number of ether oxygens (including phenoxy) is 1. The summed E-state index contributed by atoms with van der Waals surface area (Å²) in [6.07, 6.45) is 0.447. The molecule has 3 rings (SSSR count). The molecule has 2 fully saturated rings. The van der Waals surface area contributed by atoms with Crippen molar-refractivity contribution in [2.24, 2.45) is 0 Å². The molecule has 0 spiro atoms. The van der Waals surface area contributed by atoms with Gasteiger partial charge in [0.25, 0.3) is 0 Å². The third-order valence-corrected chi connectivity index (χ3v) is 3.70. The van der Waals surface area contributed by atoms with Gasteiger partial charge in [0.15, 0.2) is 5.78 Å². The van der Waals surface area contributed by atoms with Crippen LogP contribution in [0.15, 0.2) is 24.3 Å². The minimum atomic E-state index is -0.320. The number of Topliss-reactive ketones (excluding diaryl/α,β-unsaturated/α-hetero) is 1. The summed E-state index contributed by atoms with van der Waals surface area (Å²) in [5, 5.41) is 3.22. The Balaban J connectivity index is 1.94. The maximum Gasteiger partial charge on any atom is 0.415 e. The van der Waals surface area contributed by atoms with Gasteiger partial charge in [-0.05, 0) is 32.0 Å². The summed E-state index contributed by atoms with van der Waals surface area (Å²) < 4.78 is 5.37. The fourth-order valence-electron chi connectivity index (χ4n) is 2.73. The van der Waals surface area contributed by atoms with Gasteiger partial charge in [0.2, 0.25) is 0 Å². The molecule has 5 nitrogen and oxygen atoms in total. The first-order valence-corrected chi connectivity index (χ1v) is 6.48. The van der Waals surface area contributed by atoms with Gasteiger partial charge in [0.1, 0.15) is 6.10 Å². The van der Waals surface area contributed by atoms with Gasteiger partial charge in [-0.2, -0.15) is 0 Å². The minimum absolute atomic E-state index is 0.00345. The summed E-state index contributed by atoms with van der Waals surface area (Å²) >= 11 is 0. The summed E-state index contributed by atoms with van der Waals surface area (Å²) in [5.74, 6) is -0.00345. The summed E-state index contributed by atoms with van der Waals surface area (Å²) in [7, 11) is 0. The molecular weight excluding hydrogens is 244 g/mol. The van der Waals surface area contributed by atoms with E-state index < -0.39 is 0 Å². The number of hydrogen-bond acceptors (Lipinski definition) is 4. The monoisotopic (exact) mass is 260 g/mol. The Bertz CT molecular complexity index is 529. The number of carbonyl (C=O) groups excluding carboxylic acids is 2. The van der Waals surface area contributed by atoms with Crippen molar-refractivity contribution in [2.45, 2.75) is 25.5 Å².